The number of pyridine rings is 1. The number of rotatable bonds is 1. The van der Waals surface area contributed by atoms with Crippen LogP contribution in [0.4, 0.5) is 4.39 Å². The quantitative estimate of drug-likeness (QED) is 0.781. The fourth-order valence-corrected chi connectivity index (χ4v) is 2.47. The molecule has 0 spiro atoms. The number of halogens is 1. The van der Waals surface area contributed by atoms with Gasteiger partial charge in [0.25, 0.3) is 5.56 Å². The summed E-state index contributed by atoms with van der Waals surface area (Å²) in [6.45, 7) is 0.354. The van der Waals surface area contributed by atoms with Crippen molar-refractivity contribution in [2.45, 2.75) is 12.5 Å². The summed E-state index contributed by atoms with van der Waals surface area (Å²) < 4.78 is 15.3. The molecule has 0 saturated heterocycles. The van der Waals surface area contributed by atoms with Crippen LogP contribution < -0.4 is 11.3 Å². The highest BCUT2D eigenvalue weighted by Gasteiger charge is 2.26. The molecule has 0 fully saturated rings. The van der Waals surface area contributed by atoms with Crippen molar-refractivity contribution < 1.29 is 4.39 Å². The van der Waals surface area contributed by atoms with Crippen molar-refractivity contribution in [1.82, 2.24) is 4.57 Å². The van der Waals surface area contributed by atoms with Gasteiger partial charge in [0, 0.05) is 18.2 Å². The summed E-state index contributed by atoms with van der Waals surface area (Å²) in [7, 11) is 0. The van der Waals surface area contributed by atoms with Gasteiger partial charge in [-0.15, -0.1) is 0 Å². The first-order valence-electron chi connectivity index (χ1n) is 5.25. The number of benzene rings is 1. The highest BCUT2D eigenvalue weighted by molar-refractivity contribution is 5.84. The average molecular weight is 218 g/mol. The van der Waals surface area contributed by atoms with Gasteiger partial charge in [0.2, 0.25) is 0 Å². The lowest BCUT2D eigenvalue weighted by molar-refractivity contribution is 0.528. The zero-order valence-corrected chi connectivity index (χ0v) is 8.61. The van der Waals surface area contributed by atoms with Crippen LogP contribution in [-0.2, 0) is 6.42 Å². The van der Waals surface area contributed by atoms with Gasteiger partial charge in [0.05, 0.1) is 11.6 Å². The van der Waals surface area contributed by atoms with Crippen LogP contribution in [0.3, 0.4) is 0 Å². The number of hydrogen-bond acceptors (Lipinski definition) is 2. The van der Waals surface area contributed by atoms with Crippen LogP contribution in [0.2, 0.25) is 0 Å². The molecule has 16 heavy (non-hydrogen) atoms. The van der Waals surface area contributed by atoms with Crippen LogP contribution in [0.1, 0.15) is 11.6 Å². The monoisotopic (exact) mass is 218 g/mol. The third-order valence-electron chi connectivity index (χ3n) is 3.22. The summed E-state index contributed by atoms with van der Waals surface area (Å²) in [6.07, 6.45) is 0.513. The molecule has 2 N–H and O–H groups in total. The Bertz CT molecular complexity index is 633. The van der Waals surface area contributed by atoms with Crippen molar-refractivity contribution in [2.24, 2.45) is 5.73 Å². The van der Waals surface area contributed by atoms with E-state index in [1.807, 2.05) is 0 Å². The van der Waals surface area contributed by atoms with Gasteiger partial charge in [0.15, 0.2) is 0 Å². The van der Waals surface area contributed by atoms with Crippen LogP contribution in [0, 0.1) is 5.82 Å². The van der Waals surface area contributed by atoms with E-state index in [2.05, 4.69) is 0 Å². The van der Waals surface area contributed by atoms with E-state index in [0.717, 1.165) is 5.39 Å². The SMILES string of the molecule is NC[C@@H]1Cc2c(F)ccc3ccc(=O)n1c23. The van der Waals surface area contributed by atoms with Gasteiger partial charge in [-0.05, 0) is 30.0 Å². The van der Waals surface area contributed by atoms with Gasteiger partial charge in [-0.25, -0.2) is 4.39 Å². The van der Waals surface area contributed by atoms with Gasteiger partial charge < -0.3 is 10.3 Å². The maximum Gasteiger partial charge on any atom is 0.251 e. The molecule has 0 bridgehead atoms. The molecular formula is C12H11FN2O. The molecule has 0 aliphatic carbocycles. The van der Waals surface area contributed by atoms with Crippen LogP contribution in [0.25, 0.3) is 10.9 Å². The molecule has 2 heterocycles. The molecule has 3 rings (SSSR count). The van der Waals surface area contributed by atoms with Crippen LogP contribution in [0.15, 0.2) is 29.1 Å². The second kappa shape index (κ2) is 3.15. The number of aromatic nitrogens is 1. The lowest BCUT2D eigenvalue weighted by Gasteiger charge is -2.10. The fraction of sp³-hybridized carbons (Fsp3) is 0.250. The van der Waals surface area contributed by atoms with E-state index in [1.165, 1.54) is 12.1 Å². The smallest absolute Gasteiger partial charge is 0.251 e. The van der Waals surface area contributed by atoms with E-state index in [0.29, 0.717) is 24.0 Å². The molecular weight excluding hydrogens is 207 g/mol. The molecule has 0 radical (unpaired) electrons. The molecule has 0 unspecified atom stereocenters. The molecule has 1 aliphatic heterocycles. The second-order valence-electron chi connectivity index (χ2n) is 4.10. The van der Waals surface area contributed by atoms with Crippen molar-refractivity contribution in [2.75, 3.05) is 6.54 Å². The maximum absolute atomic E-state index is 13.6. The van der Waals surface area contributed by atoms with E-state index in [-0.39, 0.29) is 17.4 Å². The summed E-state index contributed by atoms with van der Waals surface area (Å²) in [4.78, 5) is 11.8. The van der Waals surface area contributed by atoms with Crippen molar-refractivity contribution in [3.8, 4) is 0 Å². The number of nitrogens with zero attached hydrogens (tertiary/aromatic N) is 1. The van der Waals surface area contributed by atoms with E-state index in [9.17, 15) is 9.18 Å². The molecule has 1 atom stereocenters. The lowest BCUT2D eigenvalue weighted by atomic mass is 10.1. The Hall–Kier alpha value is -1.68. The lowest BCUT2D eigenvalue weighted by Crippen LogP contribution is -2.26. The van der Waals surface area contributed by atoms with Crippen LogP contribution in [0.5, 0.6) is 0 Å². The minimum Gasteiger partial charge on any atom is -0.328 e. The first-order chi connectivity index (χ1) is 7.72. The maximum atomic E-state index is 13.6. The molecule has 1 aliphatic rings. The van der Waals surface area contributed by atoms with Gasteiger partial charge in [-0.2, -0.15) is 0 Å². The van der Waals surface area contributed by atoms with Crippen molar-refractivity contribution in [1.29, 1.82) is 0 Å². The largest absolute Gasteiger partial charge is 0.328 e. The van der Waals surface area contributed by atoms with Crippen molar-refractivity contribution >= 4 is 10.9 Å². The third-order valence-corrected chi connectivity index (χ3v) is 3.22. The Kier molecular flexibility index (Phi) is 1.88. The summed E-state index contributed by atoms with van der Waals surface area (Å²) in [5, 5.41) is 0.895. The molecule has 0 saturated carbocycles. The second-order valence-corrected chi connectivity index (χ2v) is 4.10. The number of hydrogen-bond donors (Lipinski definition) is 1. The number of nitrogens with two attached hydrogens (primary N) is 1. The molecule has 4 heteroatoms. The summed E-state index contributed by atoms with van der Waals surface area (Å²) in [5.74, 6) is -0.247. The third kappa shape index (κ3) is 1.08. The summed E-state index contributed by atoms with van der Waals surface area (Å²) >= 11 is 0. The Morgan fingerprint density at radius 2 is 2.12 bits per heavy atom. The molecule has 3 nitrogen and oxygen atoms in total. The first-order valence-corrected chi connectivity index (χ1v) is 5.25. The van der Waals surface area contributed by atoms with E-state index in [1.54, 1.807) is 16.7 Å². The first kappa shape index (κ1) is 9.54. The van der Waals surface area contributed by atoms with E-state index >= 15 is 0 Å². The van der Waals surface area contributed by atoms with Crippen LogP contribution in [-0.4, -0.2) is 11.1 Å². The zero-order valence-electron chi connectivity index (χ0n) is 8.61. The van der Waals surface area contributed by atoms with Crippen LogP contribution >= 0.6 is 0 Å². The summed E-state index contributed by atoms with van der Waals surface area (Å²) in [5.41, 5.74) is 6.85. The Labute approximate surface area is 91.3 Å². The van der Waals surface area contributed by atoms with E-state index in [4.69, 9.17) is 5.73 Å². The van der Waals surface area contributed by atoms with Crippen molar-refractivity contribution in [3.05, 3.63) is 46.0 Å². The topological polar surface area (TPSA) is 48.0 Å². The highest BCUT2D eigenvalue weighted by Crippen LogP contribution is 2.31. The summed E-state index contributed by atoms with van der Waals surface area (Å²) in [6, 6.07) is 6.28. The van der Waals surface area contributed by atoms with Gasteiger partial charge in [0.1, 0.15) is 5.82 Å². The fourth-order valence-electron chi connectivity index (χ4n) is 2.47. The zero-order chi connectivity index (χ0) is 11.3. The molecule has 82 valence electrons. The molecule has 0 amide bonds. The predicted octanol–water partition coefficient (Wildman–Crippen LogP) is 1.20. The molecule has 2 aromatic rings. The van der Waals surface area contributed by atoms with Gasteiger partial charge in [-0.3, -0.25) is 4.79 Å². The predicted molar refractivity (Wildman–Crippen MR) is 60.0 cm³/mol. The molecule has 1 aromatic carbocycles. The van der Waals surface area contributed by atoms with Crippen molar-refractivity contribution in [3.63, 3.8) is 0 Å². The standard InChI is InChI=1S/C12H11FN2O/c13-10-3-1-7-2-4-11(16)15-8(6-14)5-9(10)12(7)15/h1-4,8H,5-6,14H2/t8-/m0/s1. The normalized spacial score (nSPS) is 18.2. The highest BCUT2D eigenvalue weighted by atomic mass is 19.1. The Morgan fingerprint density at radius 3 is 2.88 bits per heavy atom. The Balaban J connectivity index is 2.49. The van der Waals surface area contributed by atoms with Gasteiger partial charge >= 0.3 is 0 Å². The average Bonchev–Trinajstić information content (AvgIpc) is 2.68. The van der Waals surface area contributed by atoms with E-state index < -0.39 is 0 Å². The minimum atomic E-state index is -0.247. The minimum absolute atomic E-state index is 0.104. The molecule has 1 aromatic heterocycles. The van der Waals surface area contributed by atoms with Gasteiger partial charge in [-0.1, -0.05) is 0 Å². The Morgan fingerprint density at radius 1 is 1.38 bits per heavy atom.